The van der Waals surface area contributed by atoms with E-state index in [0.29, 0.717) is 24.7 Å². The lowest BCUT2D eigenvalue weighted by Crippen LogP contribution is -2.41. The molecular formula is C18H22N2O3. The quantitative estimate of drug-likeness (QED) is 0.851. The van der Waals surface area contributed by atoms with Crippen molar-refractivity contribution in [2.24, 2.45) is 5.92 Å². The van der Waals surface area contributed by atoms with Crippen LogP contribution < -0.4 is 0 Å². The van der Waals surface area contributed by atoms with Gasteiger partial charge in [-0.15, -0.1) is 0 Å². The van der Waals surface area contributed by atoms with Crippen LogP contribution in [0.1, 0.15) is 34.7 Å². The van der Waals surface area contributed by atoms with Crippen molar-refractivity contribution < 1.29 is 14.1 Å². The Morgan fingerprint density at radius 2 is 2.22 bits per heavy atom. The highest BCUT2D eigenvalue weighted by molar-refractivity contribution is 5.91. The Kier molecular flexibility index (Phi) is 5.08. The van der Waals surface area contributed by atoms with Crippen molar-refractivity contribution in [3.63, 3.8) is 0 Å². The van der Waals surface area contributed by atoms with E-state index < -0.39 is 0 Å². The van der Waals surface area contributed by atoms with Gasteiger partial charge < -0.3 is 14.2 Å². The molecule has 0 aliphatic carbocycles. The van der Waals surface area contributed by atoms with Gasteiger partial charge >= 0.3 is 0 Å². The van der Waals surface area contributed by atoms with Crippen molar-refractivity contribution in [2.45, 2.75) is 19.3 Å². The fourth-order valence-corrected chi connectivity index (χ4v) is 3.08. The molecule has 1 aliphatic heterocycles. The summed E-state index contributed by atoms with van der Waals surface area (Å²) in [6, 6.07) is 11.8. The number of methoxy groups -OCH3 is 1. The highest BCUT2D eigenvalue weighted by Gasteiger charge is 2.26. The first-order valence-electron chi connectivity index (χ1n) is 8.04. The summed E-state index contributed by atoms with van der Waals surface area (Å²) in [5.74, 6) is 0.663. The van der Waals surface area contributed by atoms with Crippen molar-refractivity contribution in [3.8, 4) is 0 Å². The fourth-order valence-electron chi connectivity index (χ4n) is 3.08. The predicted molar refractivity (Wildman–Crippen MR) is 86.3 cm³/mol. The molecule has 1 aromatic carbocycles. The molecular weight excluding hydrogens is 292 g/mol. The maximum Gasteiger partial charge on any atom is 0.292 e. The van der Waals surface area contributed by atoms with E-state index in [0.717, 1.165) is 37.2 Å². The molecule has 0 saturated carbocycles. The van der Waals surface area contributed by atoms with Crippen molar-refractivity contribution in [2.75, 3.05) is 26.8 Å². The van der Waals surface area contributed by atoms with Crippen molar-refractivity contribution >= 4 is 5.91 Å². The first-order valence-corrected chi connectivity index (χ1v) is 8.04. The van der Waals surface area contributed by atoms with Gasteiger partial charge in [-0.25, -0.2) is 0 Å². The van der Waals surface area contributed by atoms with Gasteiger partial charge in [-0.2, -0.15) is 0 Å². The molecule has 2 heterocycles. The van der Waals surface area contributed by atoms with Crippen molar-refractivity contribution in [1.29, 1.82) is 0 Å². The van der Waals surface area contributed by atoms with Crippen LogP contribution in [0.3, 0.4) is 0 Å². The van der Waals surface area contributed by atoms with Gasteiger partial charge in [0, 0.05) is 32.7 Å². The standard InChI is InChI=1S/C18H22N2O3/c1-22-13-15-8-5-9-20(12-15)18(21)17-11-16(19-23-17)10-14-6-3-2-4-7-14/h2-4,6-7,11,15H,5,8-10,12-13H2,1H3. The Balaban J connectivity index is 1.64. The van der Waals surface area contributed by atoms with Gasteiger partial charge in [-0.05, 0) is 24.3 Å². The first-order chi connectivity index (χ1) is 11.3. The van der Waals surface area contributed by atoms with E-state index in [-0.39, 0.29) is 5.91 Å². The first kappa shape index (κ1) is 15.7. The number of piperidine rings is 1. The summed E-state index contributed by atoms with van der Waals surface area (Å²) in [7, 11) is 1.70. The number of hydrogen-bond acceptors (Lipinski definition) is 4. The number of rotatable bonds is 5. The lowest BCUT2D eigenvalue weighted by atomic mass is 9.99. The summed E-state index contributed by atoms with van der Waals surface area (Å²) in [5, 5.41) is 4.04. The maximum absolute atomic E-state index is 12.6. The summed E-state index contributed by atoms with van der Waals surface area (Å²) in [5.41, 5.74) is 1.93. The van der Waals surface area contributed by atoms with Crippen LogP contribution in [0.15, 0.2) is 40.9 Å². The topological polar surface area (TPSA) is 55.6 Å². The van der Waals surface area contributed by atoms with Crippen LogP contribution in [0.25, 0.3) is 0 Å². The molecule has 0 spiro atoms. The molecule has 1 saturated heterocycles. The summed E-state index contributed by atoms with van der Waals surface area (Å²) in [4.78, 5) is 14.4. The minimum Gasteiger partial charge on any atom is -0.384 e. The second kappa shape index (κ2) is 7.42. The molecule has 1 fully saturated rings. The third-order valence-corrected chi connectivity index (χ3v) is 4.21. The molecule has 1 amide bonds. The molecule has 2 aromatic rings. The molecule has 1 aliphatic rings. The van der Waals surface area contributed by atoms with Gasteiger partial charge in [0.05, 0.1) is 12.3 Å². The molecule has 1 atom stereocenters. The SMILES string of the molecule is COCC1CCCN(C(=O)c2cc(Cc3ccccc3)no2)C1. The molecule has 0 bridgehead atoms. The number of ether oxygens (including phenoxy) is 1. The molecule has 1 unspecified atom stereocenters. The highest BCUT2D eigenvalue weighted by atomic mass is 16.5. The molecule has 5 nitrogen and oxygen atoms in total. The van der Waals surface area contributed by atoms with Gasteiger partial charge in [0.1, 0.15) is 0 Å². The van der Waals surface area contributed by atoms with Crippen LogP contribution in [-0.2, 0) is 11.2 Å². The average Bonchev–Trinajstić information content (AvgIpc) is 3.04. The maximum atomic E-state index is 12.6. The minimum atomic E-state index is -0.0717. The number of carbonyl (C=O) groups is 1. The number of carbonyl (C=O) groups excluding carboxylic acids is 1. The molecule has 3 rings (SSSR count). The fraction of sp³-hybridized carbons (Fsp3) is 0.444. The third-order valence-electron chi connectivity index (χ3n) is 4.21. The lowest BCUT2D eigenvalue weighted by molar-refractivity contribution is 0.0535. The molecule has 1 aromatic heterocycles. The Morgan fingerprint density at radius 3 is 3.00 bits per heavy atom. The lowest BCUT2D eigenvalue weighted by Gasteiger charge is -2.31. The summed E-state index contributed by atoms with van der Waals surface area (Å²) in [6.45, 7) is 2.19. The zero-order chi connectivity index (χ0) is 16.1. The van der Waals surface area contributed by atoms with Crippen LogP contribution in [0.5, 0.6) is 0 Å². The molecule has 23 heavy (non-hydrogen) atoms. The Morgan fingerprint density at radius 1 is 1.39 bits per heavy atom. The Labute approximate surface area is 136 Å². The number of hydrogen-bond donors (Lipinski definition) is 0. The van der Waals surface area contributed by atoms with Crippen LogP contribution in [0, 0.1) is 5.92 Å². The van der Waals surface area contributed by atoms with E-state index in [1.807, 2.05) is 35.2 Å². The normalized spacial score (nSPS) is 18.1. The predicted octanol–water partition coefficient (Wildman–Crippen LogP) is 2.76. The van der Waals surface area contributed by atoms with Crippen molar-refractivity contribution in [1.82, 2.24) is 10.1 Å². The Hall–Kier alpha value is -2.14. The molecule has 0 N–H and O–H groups in total. The van der Waals surface area contributed by atoms with Crippen molar-refractivity contribution in [3.05, 3.63) is 53.4 Å². The van der Waals surface area contributed by atoms with Crippen LogP contribution in [-0.4, -0.2) is 42.8 Å². The van der Waals surface area contributed by atoms with E-state index in [1.165, 1.54) is 0 Å². The van der Waals surface area contributed by atoms with Gasteiger partial charge in [-0.3, -0.25) is 4.79 Å². The zero-order valence-electron chi connectivity index (χ0n) is 13.4. The van der Waals surface area contributed by atoms with Crippen LogP contribution in [0.4, 0.5) is 0 Å². The van der Waals surface area contributed by atoms with Gasteiger partial charge in [0.15, 0.2) is 0 Å². The number of aromatic nitrogens is 1. The zero-order valence-corrected chi connectivity index (χ0v) is 13.4. The molecule has 122 valence electrons. The number of benzene rings is 1. The van der Waals surface area contributed by atoms with Gasteiger partial charge in [0.25, 0.3) is 5.91 Å². The van der Waals surface area contributed by atoms with E-state index in [4.69, 9.17) is 9.26 Å². The Bertz CT molecular complexity index is 637. The third kappa shape index (κ3) is 3.99. The van der Waals surface area contributed by atoms with Crippen LogP contribution >= 0.6 is 0 Å². The average molecular weight is 314 g/mol. The number of amides is 1. The monoisotopic (exact) mass is 314 g/mol. The van der Waals surface area contributed by atoms with E-state index >= 15 is 0 Å². The summed E-state index contributed by atoms with van der Waals surface area (Å²) >= 11 is 0. The second-order valence-electron chi connectivity index (χ2n) is 6.06. The molecule has 0 radical (unpaired) electrons. The highest BCUT2D eigenvalue weighted by Crippen LogP contribution is 2.19. The summed E-state index contributed by atoms with van der Waals surface area (Å²) in [6.07, 6.45) is 2.78. The smallest absolute Gasteiger partial charge is 0.292 e. The largest absolute Gasteiger partial charge is 0.384 e. The van der Waals surface area contributed by atoms with Crippen LogP contribution in [0.2, 0.25) is 0 Å². The van der Waals surface area contributed by atoms with E-state index in [9.17, 15) is 4.79 Å². The van der Waals surface area contributed by atoms with Gasteiger partial charge in [0.2, 0.25) is 5.76 Å². The van der Waals surface area contributed by atoms with E-state index in [1.54, 1.807) is 13.2 Å². The second-order valence-corrected chi connectivity index (χ2v) is 6.06. The summed E-state index contributed by atoms with van der Waals surface area (Å²) < 4.78 is 10.5. The van der Waals surface area contributed by atoms with Gasteiger partial charge in [-0.1, -0.05) is 35.5 Å². The molecule has 5 heteroatoms. The number of likely N-dealkylation sites (tertiary alicyclic amines) is 1. The minimum absolute atomic E-state index is 0.0717. The number of nitrogens with zero attached hydrogens (tertiary/aromatic N) is 2. The van der Waals surface area contributed by atoms with E-state index in [2.05, 4.69) is 5.16 Å².